The first-order chi connectivity index (χ1) is 13.9. The van der Waals surface area contributed by atoms with Crippen molar-refractivity contribution in [2.75, 3.05) is 25.0 Å². The molecule has 7 nitrogen and oxygen atoms in total. The molecule has 154 valence electrons. The normalized spacial score (nSPS) is 16.5. The van der Waals surface area contributed by atoms with Crippen LogP contribution in [0.4, 0.5) is 10.5 Å². The Labute approximate surface area is 175 Å². The van der Waals surface area contributed by atoms with Crippen molar-refractivity contribution in [3.63, 3.8) is 0 Å². The molecule has 0 saturated carbocycles. The second-order valence-electron chi connectivity index (χ2n) is 7.81. The van der Waals surface area contributed by atoms with Crippen molar-refractivity contribution in [3.8, 4) is 0 Å². The number of hydrogen-bond donors (Lipinski definition) is 1. The van der Waals surface area contributed by atoms with Crippen molar-refractivity contribution in [1.82, 2.24) is 19.6 Å². The molecule has 8 heteroatoms. The summed E-state index contributed by atoms with van der Waals surface area (Å²) in [6, 6.07) is 5.23. The number of anilines is 1. The molecule has 29 heavy (non-hydrogen) atoms. The van der Waals surface area contributed by atoms with Crippen LogP contribution in [0.1, 0.15) is 46.6 Å². The van der Waals surface area contributed by atoms with E-state index in [0.717, 1.165) is 42.8 Å². The minimum absolute atomic E-state index is 0.0190. The second kappa shape index (κ2) is 8.06. The van der Waals surface area contributed by atoms with Crippen LogP contribution < -0.4 is 5.32 Å². The predicted molar refractivity (Wildman–Crippen MR) is 112 cm³/mol. The molecule has 0 bridgehead atoms. The number of aromatic nitrogens is 2. The van der Waals surface area contributed by atoms with Crippen LogP contribution in [-0.2, 0) is 20.0 Å². The van der Waals surface area contributed by atoms with Crippen molar-refractivity contribution < 1.29 is 9.59 Å². The van der Waals surface area contributed by atoms with Gasteiger partial charge in [0.15, 0.2) is 5.69 Å². The maximum Gasteiger partial charge on any atom is 0.322 e. The second-order valence-corrected chi connectivity index (χ2v) is 8.25. The van der Waals surface area contributed by atoms with Gasteiger partial charge >= 0.3 is 6.03 Å². The quantitative estimate of drug-likeness (QED) is 0.814. The standard InChI is InChI=1S/C21H26ClN5O2/c1-14-6-7-15(22)12-17(14)23-21(29)27-11-8-18-16(13-27)19(24-25(18)2)20(28)26-9-4-3-5-10-26/h6-7,12H,3-5,8-11,13H2,1-2H3,(H,23,29). The third-order valence-electron chi connectivity index (χ3n) is 5.82. The fourth-order valence-corrected chi connectivity index (χ4v) is 4.28. The summed E-state index contributed by atoms with van der Waals surface area (Å²) in [6.45, 7) is 4.44. The minimum Gasteiger partial charge on any atom is -0.337 e. The number of benzene rings is 1. The highest BCUT2D eigenvalue weighted by Gasteiger charge is 2.31. The lowest BCUT2D eigenvalue weighted by molar-refractivity contribution is 0.0715. The molecule has 0 radical (unpaired) electrons. The third kappa shape index (κ3) is 3.96. The van der Waals surface area contributed by atoms with Gasteiger partial charge < -0.3 is 15.1 Å². The first-order valence-electron chi connectivity index (χ1n) is 10.1. The van der Waals surface area contributed by atoms with Crippen LogP contribution in [0.2, 0.25) is 5.02 Å². The molecule has 0 unspecified atom stereocenters. The Kier molecular flexibility index (Phi) is 5.50. The Morgan fingerprint density at radius 1 is 1.10 bits per heavy atom. The molecular formula is C21H26ClN5O2. The topological polar surface area (TPSA) is 70.5 Å². The van der Waals surface area contributed by atoms with Crippen molar-refractivity contribution >= 4 is 29.2 Å². The summed E-state index contributed by atoms with van der Waals surface area (Å²) in [5.74, 6) is -0.0190. The van der Waals surface area contributed by atoms with E-state index in [1.165, 1.54) is 6.42 Å². The van der Waals surface area contributed by atoms with E-state index in [4.69, 9.17) is 11.6 Å². The van der Waals surface area contributed by atoms with Crippen molar-refractivity contribution in [3.05, 3.63) is 45.7 Å². The van der Waals surface area contributed by atoms with Gasteiger partial charge in [-0.2, -0.15) is 5.10 Å². The SMILES string of the molecule is Cc1ccc(Cl)cc1NC(=O)N1CCc2c(c(C(=O)N3CCCCC3)nn2C)C1. The van der Waals surface area contributed by atoms with Crippen LogP contribution in [0.25, 0.3) is 0 Å². The smallest absolute Gasteiger partial charge is 0.322 e. The molecule has 1 aromatic carbocycles. The first kappa shape index (κ1) is 19.8. The number of piperidine rings is 1. The number of amides is 3. The van der Waals surface area contributed by atoms with Gasteiger partial charge in [-0.05, 0) is 43.9 Å². The molecule has 2 aliphatic heterocycles. The minimum atomic E-state index is -0.193. The summed E-state index contributed by atoms with van der Waals surface area (Å²) >= 11 is 6.07. The van der Waals surface area contributed by atoms with Crippen LogP contribution in [0, 0.1) is 6.92 Å². The molecule has 1 N–H and O–H groups in total. The highest BCUT2D eigenvalue weighted by Crippen LogP contribution is 2.26. The van der Waals surface area contributed by atoms with Crippen molar-refractivity contribution in [1.29, 1.82) is 0 Å². The average molecular weight is 416 g/mol. The van der Waals surface area contributed by atoms with Gasteiger partial charge in [0.1, 0.15) is 0 Å². The summed E-state index contributed by atoms with van der Waals surface area (Å²) in [7, 11) is 1.87. The van der Waals surface area contributed by atoms with Crippen LogP contribution in [0.5, 0.6) is 0 Å². The number of rotatable bonds is 2. The van der Waals surface area contributed by atoms with E-state index in [-0.39, 0.29) is 11.9 Å². The fourth-order valence-electron chi connectivity index (χ4n) is 4.11. The Morgan fingerprint density at radius 2 is 1.86 bits per heavy atom. The van der Waals surface area contributed by atoms with Gasteiger partial charge in [-0.1, -0.05) is 17.7 Å². The summed E-state index contributed by atoms with van der Waals surface area (Å²) in [4.78, 5) is 29.6. The summed E-state index contributed by atoms with van der Waals surface area (Å²) in [5.41, 5.74) is 4.04. The number of carbonyl (C=O) groups excluding carboxylic acids is 2. The number of nitrogens with zero attached hydrogens (tertiary/aromatic N) is 4. The largest absolute Gasteiger partial charge is 0.337 e. The lowest BCUT2D eigenvalue weighted by Gasteiger charge is -2.29. The van der Waals surface area contributed by atoms with E-state index in [1.807, 2.05) is 24.9 Å². The lowest BCUT2D eigenvalue weighted by atomic mass is 10.0. The number of carbonyl (C=O) groups is 2. The van der Waals surface area contributed by atoms with Gasteiger partial charge in [0, 0.05) is 55.1 Å². The molecule has 2 aromatic rings. The number of aryl methyl sites for hydroxylation is 2. The molecule has 0 atom stereocenters. The van der Waals surface area contributed by atoms with Gasteiger partial charge in [0.05, 0.1) is 6.54 Å². The monoisotopic (exact) mass is 415 g/mol. The summed E-state index contributed by atoms with van der Waals surface area (Å²) in [6.07, 6.45) is 3.91. The fraction of sp³-hybridized carbons (Fsp3) is 0.476. The summed E-state index contributed by atoms with van der Waals surface area (Å²) < 4.78 is 1.79. The highest BCUT2D eigenvalue weighted by molar-refractivity contribution is 6.31. The average Bonchev–Trinajstić information content (AvgIpc) is 3.06. The Balaban J connectivity index is 1.53. The molecule has 2 aliphatic rings. The van der Waals surface area contributed by atoms with E-state index in [2.05, 4.69) is 10.4 Å². The van der Waals surface area contributed by atoms with Crippen molar-refractivity contribution in [2.45, 2.75) is 39.2 Å². The molecular weight excluding hydrogens is 390 g/mol. The van der Waals surface area contributed by atoms with Crippen LogP contribution in [0.3, 0.4) is 0 Å². The van der Waals surface area contributed by atoms with Crippen LogP contribution >= 0.6 is 11.6 Å². The van der Waals surface area contributed by atoms with Gasteiger partial charge in [0.2, 0.25) is 0 Å². The van der Waals surface area contributed by atoms with E-state index in [9.17, 15) is 9.59 Å². The number of halogens is 1. The Morgan fingerprint density at radius 3 is 2.62 bits per heavy atom. The Hall–Kier alpha value is -2.54. The van der Waals surface area contributed by atoms with Crippen LogP contribution in [0.15, 0.2) is 18.2 Å². The number of hydrogen-bond acceptors (Lipinski definition) is 3. The van der Waals surface area contributed by atoms with Gasteiger partial charge in [-0.25, -0.2) is 4.79 Å². The van der Waals surface area contributed by atoms with Gasteiger partial charge in [-0.15, -0.1) is 0 Å². The van der Waals surface area contributed by atoms with Gasteiger partial charge in [-0.3, -0.25) is 9.48 Å². The Bertz CT molecular complexity index is 949. The number of nitrogens with one attached hydrogen (secondary N) is 1. The molecule has 4 rings (SSSR count). The van der Waals surface area contributed by atoms with Crippen molar-refractivity contribution in [2.24, 2.45) is 7.05 Å². The molecule has 1 saturated heterocycles. The third-order valence-corrected chi connectivity index (χ3v) is 6.05. The summed E-state index contributed by atoms with van der Waals surface area (Å²) in [5, 5.41) is 8.05. The maximum absolute atomic E-state index is 13.1. The highest BCUT2D eigenvalue weighted by atomic mass is 35.5. The zero-order valence-electron chi connectivity index (χ0n) is 16.9. The lowest BCUT2D eigenvalue weighted by Crippen LogP contribution is -2.40. The molecule has 3 heterocycles. The molecule has 1 fully saturated rings. The zero-order valence-corrected chi connectivity index (χ0v) is 17.6. The number of likely N-dealkylation sites (tertiary alicyclic amines) is 1. The maximum atomic E-state index is 13.1. The predicted octanol–water partition coefficient (Wildman–Crippen LogP) is 3.60. The van der Waals surface area contributed by atoms with Gasteiger partial charge in [0.25, 0.3) is 5.91 Å². The first-order valence-corrected chi connectivity index (χ1v) is 10.5. The number of urea groups is 1. The molecule has 3 amide bonds. The molecule has 0 spiro atoms. The molecule has 1 aromatic heterocycles. The van der Waals surface area contributed by atoms with E-state index < -0.39 is 0 Å². The van der Waals surface area contributed by atoms with E-state index >= 15 is 0 Å². The van der Waals surface area contributed by atoms with E-state index in [0.29, 0.717) is 35.9 Å². The van der Waals surface area contributed by atoms with Crippen LogP contribution in [-0.4, -0.2) is 51.2 Å². The molecule has 0 aliphatic carbocycles. The number of fused-ring (bicyclic) bond motifs is 1. The van der Waals surface area contributed by atoms with E-state index in [1.54, 1.807) is 21.7 Å². The zero-order chi connectivity index (χ0) is 20.5.